The molecule has 1 unspecified atom stereocenters. The van der Waals surface area contributed by atoms with Gasteiger partial charge >= 0.3 is 0 Å². The minimum atomic E-state index is 0.198. The molecule has 1 heteroatoms. The van der Waals surface area contributed by atoms with Gasteiger partial charge in [0, 0.05) is 5.92 Å². The van der Waals surface area contributed by atoms with E-state index >= 15 is 0 Å². The zero-order valence-electron chi connectivity index (χ0n) is 12.7. The average Bonchev–Trinajstić information content (AvgIpc) is 2.40. The fraction of sp³-hybridized carbons (Fsp3) is 0.941. The van der Waals surface area contributed by atoms with Crippen molar-refractivity contribution in [3.05, 3.63) is 0 Å². The Bertz CT molecular complexity index is 165. The lowest BCUT2D eigenvalue weighted by molar-refractivity contribution is 0.476. The Morgan fingerprint density at radius 2 is 1.17 bits per heavy atom. The molecule has 0 amide bonds. The SMILES string of the molecule is CCCCCCCCCCCCCC([C]=O)CC. The summed E-state index contributed by atoms with van der Waals surface area (Å²) >= 11 is 0. The molecule has 0 saturated heterocycles. The van der Waals surface area contributed by atoms with Gasteiger partial charge in [-0.25, -0.2) is 0 Å². The molecule has 0 aromatic rings. The third kappa shape index (κ3) is 12.1. The Kier molecular flexibility index (Phi) is 14.5. The van der Waals surface area contributed by atoms with E-state index in [1.165, 1.54) is 70.6 Å². The molecule has 0 aliphatic rings. The second-order valence-electron chi connectivity index (χ2n) is 5.55. The number of hydrogen-bond donors (Lipinski definition) is 0. The fourth-order valence-corrected chi connectivity index (χ4v) is 2.40. The summed E-state index contributed by atoms with van der Waals surface area (Å²) in [5, 5.41) is 0. The molecule has 18 heavy (non-hydrogen) atoms. The van der Waals surface area contributed by atoms with Gasteiger partial charge in [-0.15, -0.1) is 0 Å². The lowest BCUT2D eigenvalue weighted by Gasteiger charge is -2.05. The van der Waals surface area contributed by atoms with E-state index in [0.29, 0.717) is 0 Å². The van der Waals surface area contributed by atoms with E-state index in [9.17, 15) is 4.79 Å². The molecule has 0 aliphatic heterocycles. The van der Waals surface area contributed by atoms with Crippen LogP contribution in [-0.4, -0.2) is 6.29 Å². The van der Waals surface area contributed by atoms with E-state index in [1.807, 2.05) is 0 Å². The summed E-state index contributed by atoms with van der Waals surface area (Å²) in [6.07, 6.45) is 19.3. The molecule has 1 atom stereocenters. The Hall–Kier alpha value is -0.330. The number of rotatable bonds is 14. The van der Waals surface area contributed by atoms with Crippen LogP contribution in [0.2, 0.25) is 0 Å². The molecule has 0 aromatic carbocycles. The van der Waals surface area contributed by atoms with Crippen LogP contribution in [0.4, 0.5) is 0 Å². The highest BCUT2D eigenvalue weighted by Gasteiger charge is 2.04. The van der Waals surface area contributed by atoms with Crippen molar-refractivity contribution in [3.8, 4) is 0 Å². The third-order valence-electron chi connectivity index (χ3n) is 3.82. The summed E-state index contributed by atoms with van der Waals surface area (Å²) in [6.45, 7) is 4.35. The van der Waals surface area contributed by atoms with Crippen LogP contribution < -0.4 is 0 Å². The summed E-state index contributed by atoms with van der Waals surface area (Å²) < 4.78 is 0. The molecule has 0 N–H and O–H groups in total. The van der Waals surface area contributed by atoms with E-state index in [-0.39, 0.29) is 5.92 Å². The zero-order chi connectivity index (χ0) is 13.5. The van der Waals surface area contributed by atoms with Crippen molar-refractivity contribution < 1.29 is 4.79 Å². The van der Waals surface area contributed by atoms with Crippen LogP contribution in [0.1, 0.15) is 97.3 Å². The molecule has 0 heterocycles. The van der Waals surface area contributed by atoms with Gasteiger partial charge in [0.05, 0.1) is 0 Å². The summed E-state index contributed by atoms with van der Waals surface area (Å²) in [4.78, 5) is 10.5. The summed E-state index contributed by atoms with van der Waals surface area (Å²) in [6, 6.07) is 0. The summed E-state index contributed by atoms with van der Waals surface area (Å²) in [7, 11) is 0. The van der Waals surface area contributed by atoms with Gasteiger partial charge in [0.1, 0.15) is 0 Å². The van der Waals surface area contributed by atoms with Crippen molar-refractivity contribution in [3.63, 3.8) is 0 Å². The largest absolute Gasteiger partial charge is 0.291 e. The van der Waals surface area contributed by atoms with Crippen LogP contribution in [0.3, 0.4) is 0 Å². The highest BCUT2D eigenvalue weighted by Crippen LogP contribution is 2.14. The van der Waals surface area contributed by atoms with Crippen molar-refractivity contribution in [1.82, 2.24) is 0 Å². The molecule has 107 valence electrons. The van der Waals surface area contributed by atoms with Crippen LogP contribution in [0, 0.1) is 5.92 Å². The van der Waals surface area contributed by atoms with Crippen molar-refractivity contribution in [2.45, 2.75) is 97.3 Å². The van der Waals surface area contributed by atoms with Gasteiger partial charge < -0.3 is 0 Å². The predicted octanol–water partition coefficient (Wildman–Crippen LogP) is 5.82. The van der Waals surface area contributed by atoms with E-state index in [0.717, 1.165) is 12.8 Å². The smallest absolute Gasteiger partial charge is 0.201 e. The maximum Gasteiger partial charge on any atom is 0.201 e. The Labute approximate surface area is 115 Å². The maximum atomic E-state index is 10.5. The molecular formula is C17H33O. The minimum Gasteiger partial charge on any atom is -0.291 e. The normalized spacial score (nSPS) is 12.6. The third-order valence-corrected chi connectivity index (χ3v) is 3.82. The van der Waals surface area contributed by atoms with Gasteiger partial charge in [-0.05, 0) is 12.8 Å². The molecule has 0 rings (SSSR count). The van der Waals surface area contributed by atoms with E-state index in [1.54, 1.807) is 0 Å². The average molecular weight is 253 g/mol. The molecule has 1 radical (unpaired) electrons. The van der Waals surface area contributed by atoms with Gasteiger partial charge in [0.15, 0.2) is 0 Å². The molecule has 0 saturated carbocycles. The topological polar surface area (TPSA) is 17.1 Å². The fourth-order valence-electron chi connectivity index (χ4n) is 2.40. The van der Waals surface area contributed by atoms with Gasteiger partial charge in [-0.1, -0.05) is 84.5 Å². The van der Waals surface area contributed by atoms with Crippen LogP contribution >= 0.6 is 0 Å². The zero-order valence-corrected chi connectivity index (χ0v) is 12.7. The van der Waals surface area contributed by atoms with Gasteiger partial charge in [0.2, 0.25) is 6.29 Å². The summed E-state index contributed by atoms with van der Waals surface area (Å²) in [5.41, 5.74) is 0. The van der Waals surface area contributed by atoms with Gasteiger partial charge in [-0.2, -0.15) is 0 Å². The van der Waals surface area contributed by atoms with Gasteiger partial charge in [0.25, 0.3) is 0 Å². The standard InChI is InChI=1S/C17H33O/c1-3-5-6-7-8-9-10-11-12-13-14-15-17(4-2)16-18/h17H,3-15H2,1-2H3. The molecule has 0 spiro atoms. The lowest BCUT2D eigenvalue weighted by atomic mass is 9.99. The Balaban J connectivity index is 3.05. The highest BCUT2D eigenvalue weighted by molar-refractivity contribution is 5.54. The van der Waals surface area contributed by atoms with Crippen LogP contribution in [0.5, 0.6) is 0 Å². The van der Waals surface area contributed by atoms with Gasteiger partial charge in [-0.3, -0.25) is 4.79 Å². The molecular weight excluding hydrogens is 220 g/mol. The molecule has 0 aromatic heterocycles. The van der Waals surface area contributed by atoms with Crippen LogP contribution in [0.25, 0.3) is 0 Å². The Morgan fingerprint density at radius 3 is 1.56 bits per heavy atom. The van der Waals surface area contributed by atoms with E-state index < -0.39 is 0 Å². The number of carbonyl (C=O) groups excluding carboxylic acids is 1. The number of hydrogen-bond acceptors (Lipinski definition) is 1. The summed E-state index contributed by atoms with van der Waals surface area (Å²) in [5.74, 6) is 0.198. The first kappa shape index (κ1) is 17.7. The van der Waals surface area contributed by atoms with E-state index in [4.69, 9.17) is 0 Å². The van der Waals surface area contributed by atoms with Crippen molar-refractivity contribution in [2.75, 3.05) is 0 Å². The Morgan fingerprint density at radius 1 is 0.722 bits per heavy atom. The maximum absolute atomic E-state index is 10.5. The van der Waals surface area contributed by atoms with Crippen molar-refractivity contribution >= 4 is 6.29 Å². The van der Waals surface area contributed by atoms with Crippen molar-refractivity contribution in [1.29, 1.82) is 0 Å². The first-order valence-corrected chi connectivity index (χ1v) is 8.22. The molecule has 0 aliphatic carbocycles. The first-order valence-electron chi connectivity index (χ1n) is 8.22. The molecule has 1 nitrogen and oxygen atoms in total. The monoisotopic (exact) mass is 253 g/mol. The lowest BCUT2D eigenvalue weighted by Crippen LogP contribution is -1.99. The predicted molar refractivity (Wildman–Crippen MR) is 80.6 cm³/mol. The first-order chi connectivity index (χ1) is 8.85. The van der Waals surface area contributed by atoms with Crippen molar-refractivity contribution in [2.24, 2.45) is 5.92 Å². The highest BCUT2D eigenvalue weighted by atomic mass is 16.1. The van der Waals surface area contributed by atoms with Crippen LogP contribution in [-0.2, 0) is 4.79 Å². The molecule has 0 fully saturated rings. The van der Waals surface area contributed by atoms with E-state index in [2.05, 4.69) is 20.1 Å². The minimum absolute atomic E-state index is 0.198. The second-order valence-corrected chi connectivity index (χ2v) is 5.55. The molecule has 0 bridgehead atoms. The quantitative estimate of drug-likeness (QED) is 0.356. The number of unbranched alkanes of at least 4 members (excludes halogenated alkanes) is 10. The second kappa shape index (κ2) is 14.7. The van der Waals surface area contributed by atoms with Crippen LogP contribution in [0.15, 0.2) is 0 Å².